The van der Waals surface area contributed by atoms with Gasteiger partial charge in [0.2, 0.25) is 0 Å². The molecule has 0 radical (unpaired) electrons. The minimum atomic E-state index is -0.702. The maximum atomic E-state index is 12.3. The minimum absolute atomic E-state index is 0.116. The van der Waals surface area contributed by atoms with Gasteiger partial charge in [-0.1, -0.05) is 42.5 Å². The Morgan fingerprint density at radius 2 is 1.81 bits per heavy atom. The van der Waals surface area contributed by atoms with Crippen LogP contribution in [0.4, 0.5) is 4.79 Å². The van der Waals surface area contributed by atoms with Crippen LogP contribution in [0.1, 0.15) is 44.4 Å². The van der Waals surface area contributed by atoms with Crippen LogP contribution in [-0.4, -0.2) is 36.1 Å². The van der Waals surface area contributed by atoms with Crippen molar-refractivity contribution in [2.45, 2.75) is 45.5 Å². The molecule has 1 heterocycles. The molecule has 166 valence electrons. The van der Waals surface area contributed by atoms with E-state index in [1.54, 1.807) is 12.1 Å². The number of rotatable bonds is 6. The Morgan fingerprint density at radius 1 is 1.16 bits per heavy atom. The number of phenols is 1. The smallest absolute Gasteiger partial charge is 0.492 e. The predicted octanol–water partition coefficient (Wildman–Crippen LogP) is 4.21. The Hall–Kier alpha value is -3.28. The average molecular weight is 434 g/mol. The molecule has 1 amide bonds. The lowest BCUT2D eigenvalue weighted by molar-refractivity contribution is 0.00578. The van der Waals surface area contributed by atoms with Gasteiger partial charge in [-0.3, -0.25) is 0 Å². The van der Waals surface area contributed by atoms with Crippen LogP contribution in [-0.2, 0) is 20.7 Å². The second-order valence-electron chi connectivity index (χ2n) is 8.61. The van der Waals surface area contributed by atoms with E-state index in [-0.39, 0.29) is 24.5 Å². The molecule has 32 heavy (non-hydrogen) atoms. The predicted molar refractivity (Wildman–Crippen MR) is 122 cm³/mol. The van der Waals surface area contributed by atoms with Crippen LogP contribution >= 0.6 is 0 Å². The molecule has 1 fully saturated rings. The van der Waals surface area contributed by atoms with Crippen LogP contribution in [0.3, 0.4) is 0 Å². The van der Waals surface area contributed by atoms with Crippen molar-refractivity contribution in [3.8, 4) is 11.8 Å². The summed E-state index contributed by atoms with van der Waals surface area (Å²) in [5.74, 6) is -0.121. The number of carbonyl (C=O) groups is 1. The lowest BCUT2D eigenvalue weighted by Crippen LogP contribution is -2.41. The van der Waals surface area contributed by atoms with E-state index in [0.29, 0.717) is 11.0 Å². The van der Waals surface area contributed by atoms with E-state index >= 15 is 0 Å². The molecule has 2 aromatic carbocycles. The minimum Gasteiger partial charge on any atom is -0.507 e. The van der Waals surface area contributed by atoms with Gasteiger partial charge in [-0.25, -0.2) is 4.79 Å². The summed E-state index contributed by atoms with van der Waals surface area (Å²) in [6.07, 6.45) is 1.19. The first-order chi connectivity index (χ1) is 15.1. The van der Waals surface area contributed by atoms with Crippen LogP contribution in [0.15, 0.2) is 54.0 Å². The molecule has 2 aromatic rings. The molecule has 0 atom stereocenters. The third kappa shape index (κ3) is 5.50. The van der Waals surface area contributed by atoms with Crippen molar-refractivity contribution in [3.63, 3.8) is 0 Å². The highest BCUT2D eigenvalue weighted by molar-refractivity contribution is 6.56. The number of alkyl carbamates (subject to hydrolysis) is 1. The fourth-order valence-corrected chi connectivity index (χ4v) is 3.09. The van der Waals surface area contributed by atoms with E-state index in [4.69, 9.17) is 19.3 Å². The van der Waals surface area contributed by atoms with Crippen molar-refractivity contribution in [1.82, 2.24) is 5.32 Å². The second-order valence-corrected chi connectivity index (χ2v) is 8.61. The Bertz CT molecular complexity index is 1030. The molecule has 0 bridgehead atoms. The Balaban J connectivity index is 1.76. The lowest BCUT2D eigenvalue weighted by Gasteiger charge is -2.32. The zero-order valence-electron chi connectivity index (χ0n) is 18.7. The quantitative estimate of drug-likeness (QED) is 0.661. The fraction of sp³-hybridized carbons (Fsp3) is 0.333. The molecular formula is C24H27BN2O5. The van der Waals surface area contributed by atoms with Crippen LogP contribution in [0.2, 0.25) is 0 Å². The van der Waals surface area contributed by atoms with E-state index in [0.717, 1.165) is 5.56 Å². The van der Waals surface area contributed by atoms with E-state index in [1.807, 2.05) is 64.1 Å². The van der Waals surface area contributed by atoms with Gasteiger partial charge in [0.05, 0.1) is 16.8 Å². The molecule has 0 unspecified atom stereocenters. The lowest BCUT2D eigenvalue weighted by atomic mass is 9.77. The number of ether oxygens (including phenoxy) is 1. The summed E-state index contributed by atoms with van der Waals surface area (Å²) < 4.78 is 17.6. The highest BCUT2D eigenvalue weighted by Gasteiger charge is 2.52. The van der Waals surface area contributed by atoms with E-state index in [9.17, 15) is 9.90 Å². The van der Waals surface area contributed by atoms with Gasteiger partial charge >= 0.3 is 13.2 Å². The second kappa shape index (κ2) is 9.47. The Kier molecular flexibility index (Phi) is 6.92. The molecule has 0 saturated carbocycles. The van der Waals surface area contributed by atoms with Gasteiger partial charge in [-0.15, -0.1) is 0 Å². The van der Waals surface area contributed by atoms with E-state index in [1.165, 1.54) is 12.1 Å². The third-order valence-electron chi connectivity index (χ3n) is 5.70. The molecule has 1 aliphatic rings. The number of amides is 1. The molecule has 1 saturated heterocycles. The van der Waals surface area contributed by atoms with Crippen LogP contribution in [0.5, 0.6) is 5.75 Å². The summed E-state index contributed by atoms with van der Waals surface area (Å²) in [4.78, 5) is 12.3. The van der Waals surface area contributed by atoms with E-state index < -0.39 is 24.4 Å². The number of hydrogen-bond donors (Lipinski definition) is 2. The Labute approximate surface area is 188 Å². The first kappa shape index (κ1) is 23.4. The summed E-state index contributed by atoms with van der Waals surface area (Å²) >= 11 is 0. The van der Waals surface area contributed by atoms with Crippen molar-refractivity contribution in [3.05, 3.63) is 70.7 Å². The van der Waals surface area contributed by atoms with Crippen LogP contribution in [0.25, 0.3) is 6.08 Å². The van der Waals surface area contributed by atoms with Gasteiger partial charge in [-0.2, -0.15) is 5.26 Å². The Morgan fingerprint density at radius 3 is 2.41 bits per heavy atom. The standard InChI is InChI=1S/C24H27BN2O5/c1-23(2)24(3,4)32-25(31-23)20(12-18-10-11-19(14-26)21(28)13-18)15-27-22(29)30-16-17-8-6-5-7-9-17/h5-13,28H,15-16H2,1-4H3,(H,27,29). The highest BCUT2D eigenvalue weighted by atomic mass is 16.7. The first-order valence-electron chi connectivity index (χ1n) is 10.3. The third-order valence-corrected chi connectivity index (χ3v) is 5.70. The molecule has 0 aliphatic carbocycles. The number of aromatic hydroxyl groups is 1. The average Bonchev–Trinajstić information content (AvgIpc) is 2.97. The maximum absolute atomic E-state index is 12.3. The number of hydrogen-bond acceptors (Lipinski definition) is 6. The zero-order chi connectivity index (χ0) is 23.4. The number of benzene rings is 2. The molecule has 8 heteroatoms. The first-order valence-corrected chi connectivity index (χ1v) is 10.3. The topological polar surface area (TPSA) is 101 Å². The van der Waals surface area contributed by atoms with Gasteiger partial charge < -0.3 is 24.5 Å². The number of nitriles is 1. The summed E-state index contributed by atoms with van der Waals surface area (Å²) in [6.45, 7) is 8.05. The molecule has 2 N–H and O–H groups in total. The summed E-state index contributed by atoms with van der Waals surface area (Å²) in [6, 6.07) is 16.0. The maximum Gasteiger partial charge on any atom is 0.492 e. The highest BCUT2D eigenvalue weighted by Crippen LogP contribution is 2.38. The fourth-order valence-electron chi connectivity index (χ4n) is 3.09. The summed E-state index contributed by atoms with van der Waals surface area (Å²) in [7, 11) is -0.702. The molecule has 0 aromatic heterocycles. The van der Waals surface area contributed by atoms with Crippen molar-refractivity contribution < 1.29 is 23.9 Å². The van der Waals surface area contributed by atoms with Crippen LogP contribution < -0.4 is 5.32 Å². The normalized spacial score (nSPS) is 17.0. The number of nitrogens with zero attached hydrogens (tertiary/aromatic N) is 1. The molecule has 0 spiro atoms. The largest absolute Gasteiger partial charge is 0.507 e. The number of phenolic OH excluding ortho intramolecular Hbond substituents is 1. The summed E-state index contributed by atoms with van der Waals surface area (Å²) in [5.41, 5.74) is 1.24. The van der Waals surface area contributed by atoms with Crippen LogP contribution in [0, 0.1) is 11.3 Å². The van der Waals surface area contributed by atoms with Gasteiger partial charge in [-0.05, 0) is 56.4 Å². The van der Waals surface area contributed by atoms with Crippen molar-refractivity contribution >= 4 is 19.3 Å². The molecular weight excluding hydrogens is 407 g/mol. The number of carbonyl (C=O) groups excluding carboxylic acids is 1. The van der Waals surface area contributed by atoms with Crippen molar-refractivity contribution in [2.75, 3.05) is 6.54 Å². The SMILES string of the molecule is CC1(C)OB(C(=Cc2ccc(C#N)c(O)c2)CNC(=O)OCc2ccccc2)OC1(C)C. The van der Waals surface area contributed by atoms with E-state index in [2.05, 4.69) is 5.32 Å². The van der Waals surface area contributed by atoms with Crippen molar-refractivity contribution in [1.29, 1.82) is 5.26 Å². The van der Waals surface area contributed by atoms with Gasteiger partial charge in [0.15, 0.2) is 0 Å². The molecule has 7 nitrogen and oxygen atoms in total. The zero-order valence-corrected chi connectivity index (χ0v) is 18.7. The van der Waals surface area contributed by atoms with Gasteiger partial charge in [0, 0.05) is 6.54 Å². The number of nitrogens with one attached hydrogen (secondary N) is 1. The van der Waals surface area contributed by atoms with Gasteiger partial charge in [0.25, 0.3) is 0 Å². The van der Waals surface area contributed by atoms with Gasteiger partial charge in [0.1, 0.15) is 18.4 Å². The van der Waals surface area contributed by atoms with Crippen molar-refractivity contribution in [2.24, 2.45) is 0 Å². The molecule has 3 rings (SSSR count). The summed E-state index contributed by atoms with van der Waals surface area (Å²) in [5, 5.41) is 21.8. The molecule has 1 aliphatic heterocycles. The monoisotopic (exact) mass is 434 g/mol.